The van der Waals surface area contributed by atoms with Crippen molar-refractivity contribution in [1.82, 2.24) is 0 Å². The molecule has 0 aromatic carbocycles. The van der Waals surface area contributed by atoms with Crippen LogP contribution in [0.2, 0.25) is 0 Å². The molecular weight excluding hydrogens is 472 g/mol. The Morgan fingerprint density at radius 3 is 1.29 bits per heavy atom. The van der Waals surface area contributed by atoms with Crippen LogP contribution in [0.25, 0.3) is 0 Å². The SMILES string of the molecule is CCCCC(C)(C)CCC(C)CCOC(=O)C1CCC(C(=O)OCCC(C)CCC(C)(C)CCCC)CC1. The third-order valence-electron chi connectivity index (χ3n) is 9.15. The second-order valence-electron chi connectivity index (χ2n) is 14.3. The number of ether oxygens (including phenoxy) is 2. The molecule has 1 aliphatic rings. The summed E-state index contributed by atoms with van der Waals surface area (Å²) in [7, 11) is 0. The minimum absolute atomic E-state index is 0.0570. The Morgan fingerprint density at radius 1 is 0.632 bits per heavy atom. The molecule has 1 saturated carbocycles. The topological polar surface area (TPSA) is 52.6 Å². The molecule has 2 unspecified atom stereocenters. The van der Waals surface area contributed by atoms with E-state index in [-0.39, 0.29) is 23.8 Å². The summed E-state index contributed by atoms with van der Waals surface area (Å²) in [6.07, 6.45) is 17.4. The van der Waals surface area contributed by atoms with Crippen molar-refractivity contribution in [3.05, 3.63) is 0 Å². The van der Waals surface area contributed by atoms with Gasteiger partial charge in [0, 0.05) is 0 Å². The lowest BCUT2D eigenvalue weighted by atomic mass is 9.80. The molecule has 4 nitrogen and oxygen atoms in total. The third-order valence-corrected chi connectivity index (χ3v) is 9.15. The van der Waals surface area contributed by atoms with Gasteiger partial charge in [0.2, 0.25) is 0 Å². The first-order valence-corrected chi connectivity index (χ1v) is 16.2. The van der Waals surface area contributed by atoms with E-state index in [1.54, 1.807) is 0 Å². The Kier molecular flexibility index (Phi) is 16.9. The summed E-state index contributed by atoms with van der Waals surface area (Å²) in [5.74, 6) is 0.900. The van der Waals surface area contributed by atoms with Gasteiger partial charge in [0.1, 0.15) is 0 Å². The van der Waals surface area contributed by atoms with E-state index in [4.69, 9.17) is 9.47 Å². The lowest BCUT2D eigenvalue weighted by Crippen LogP contribution is -2.29. The maximum atomic E-state index is 12.6. The number of carbonyl (C=O) groups excluding carboxylic acids is 2. The molecule has 0 aromatic rings. The molecule has 0 radical (unpaired) electrons. The maximum absolute atomic E-state index is 12.6. The first-order chi connectivity index (χ1) is 17.9. The van der Waals surface area contributed by atoms with Crippen molar-refractivity contribution >= 4 is 11.9 Å². The normalized spacial score (nSPS) is 20.1. The maximum Gasteiger partial charge on any atom is 0.308 e. The summed E-state index contributed by atoms with van der Waals surface area (Å²) >= 11 is 0. The Balaban J connectivity index is 2.19. The van der Waals surface area contributed by atoms with Crippen LogP contribution in [0.4, 0.5) is 0 Å². The summed E-state index contributed by atoms with van der Waals surface area (Å²) in [4.78, 5) is 25.2. The van der Waals surface area contributed by atoms with Crippen molar-refractivity contribution in [3.8, 4) is 0 Å². The average molecular weight is 537 g/mol. The molecule has 1 fully saturated rings. The van der Waals surface area contributed by atoms with Crippen LogP contribution in [0.15, 0.2) is 0 Å². The van der Waals surface area contributed by atoms with Gasteiger partial charge < -0.3 is 9.47 Å². The molecule has 4 heteroatoms. The van der Waals surface area contributed by atoms with Crippen LogP contribution < -0.4 is 0 Å². The van der Waals surface area contributed by atoms with Gasteiger partial charge in [-0.25, -0.2) is 0 Å². The average Bonchev–Trinajstić information content (AvgIpc) is 2.88. The predicted octanol–water partition coefficient (Wildman–Crippen LogP) is 9.92. The largest absolute Gasteiger partial charge is 0.465 e. The number of rotatable bonds is 20. The fourth-order valence-electron chi connectivity index (χ4n) is 5.65. The molecule has 0 amide bonds. The molecule has 0 heterocycles. The van der Waals surface area contributed by atoms with E-state index < -0.39 is 0 Å². The summed E-state index contributed by atoms with van der Waals surface area (Å²) in [5, 5.41) is 0. The molecule has 1 rings (SSSR count). The second kappa shape index (κ2) is 18.3. The van der Waals surface area contributed by atoms with E-state index in [1.165, 1.54) is 64.2 Å². The Hall–Kier alpha value is -1.06. The summed E-state index contributed by atoms with van der Waals surface area (Å²) in [6, 6.07) is 0. The van der Waals surface area contributed by atoms with Crippen molar-refractivity contribution in [2.24, 2.45) is 34.5 Å². The molecule has 0 N–H and O–H groups in total. The van der Waals surface area contributed by atoms with Crippen LogP contribution in [-0.2, 0) is 19.1 Å². The van der Waals surface area contributed by atoms with Gasteiger partial charge in [-0.3, -0.25) is 9.59 Å². The fourth-order valence-corrected chi connectivity index (χ4v) is 5.65. The molecule has 0 bridgehead atoms. The standard InChI is InChI=1S/C34H64O4/c1-9-11-21-33(5,6)23-17-27(3)19-25-37-31(35)29-13-15-30(16-14-29)32(36)38-26-20-28(4)18-24-34(7,8)22-12-10-2/h27-30H,9-26H2,1-8H3. The van der Waals surface area contributed by atoms with Crippen LogP contribution >= 0.6 is 0 Å². The predicted molar refractivity (Wildman–Crippen MR) is 160 cm³/mol. The number of unbranched alkanes of at least 4 members (excludes halogenated alkanes) is 2. The Morgan fingerprint density at radius 2 is 0.974 bits per heavy atom. The highest BCUT2D eigenvalue weighted by Crippen LogP contribution is 2.33. The molecule has 38 heavy (non-hydrogen) atoms. The number of carbonyl (C=O) groups is 2. The van der Waals surface area contributed by atoms with Crippen LogP contribution in [0, 0.1) is 34.5 Å². The minimum atomic E-state index is -0.0667. The van der Waals surface area contributed by atoms with Crippen molar-refractivity contribution in [2.45, 2.75) is 158 Å². The number of hydrogen-bond acceptors (Lipinski definition) is 4. The summed E-state index contributed by atoms with van der Waals surface area (Å²) in [6.45, 7) is 19.6. The quantitative estimate of drug-likeness (QED) is 0.145. The van der Waals surface area contributed by atoms with Crippen LogP contribution in [0.5, 0.6) is 0 Å². The molecule has 1 aliphatic carbocycles. The number of esters is 2. The van der Waals surface area contributed by atoms with Gasteiger partial charge >= 0.3 is 11.9 Å². The smallest absolute Gasteiger partial charge is 0.308 e. The fraction of sp³-hybridized carbons (Fsp3) is 0.941. The first-order valence-electron chi connectivity index (χ1n) is 16.2. The van der Waals surface area contributed by atoms with Crippen LogP contribution in [0.3, 0.4) is 0 Å². The molecule has 0 saturated heterocycles. The molecule has 224 valence electrons. The highest BCUT2D eigenvalue weighted by atomic mass is 16.5. The monoisotopic (exact) mass is 536 g/mol. The summed E-state index contributed by atoms with van der Waals surface area (Å²) in [5.41, 5.74) is 0.814. The molecule has 0 aliphatic heterocycles. The Labute approximate surface area is 236 Å². The van der Waals surface area contributed by atoms with Gasteiger partial charge in [-0.2, -0.15) is 0 Å². The van der Waals surface area contributed by atoms with Crippen molar-refractivity contribution in [1.29, 1.82) is 0 Å². The zero-order valence-corrected chi connectivity index (χ0v) is 26.7. The lowest BCUT2D eigenvalue weighted by Gasteiger charge is -2.27. The van der Waals surface area contributed by atoms with Crippen LogP contribution in [0.1, 0.15) is 158 Å². The van der Waals surface area contributed by atoms with Gasteiger partial charge in [0.05, 0.1) is 25.0 Å². The molecule has 0 aromatic heterocycles. The van der Waals surface area contributed by atoms with E-state index in [2.05, 4.69) is 55.4 Å². The summed E-state index contributed by atoms with van der Waals surface area (Å²) < 4.78 is 11.3. The number of hydrogen-bond donors (Lipinski definition) is 0. The van der Waals surface area contributed by atoms with Crippen molar-refractivity contribution in [3.63, 3.8) is 0 Å². The van der Waals surface area contributed by atoms with E-state index in [9.17, 15) is 9.59 Å². The van der Waals surface area contributed by atoms with E-state index in [0.29, 0.717) is 35.9 Å². The molecule has 0 spiro atoms. The van der Waals surface area contributed by atoms with Gasteiger partial charge in [0.15, 0.2) is 0 Å². The Bertz CT molecular complexity index is 589. The molecular formula is C34H64O4. The highest BCUT2D eigenvalue weighted by Gasteiger charge is 2.32. The van der Waals surface area contributed by atoms with Gasteiger partial charge in [0.25, 0.3) is 0 Å². The zero-order chi connectivity index (χ0) is 28.6. The van der Waals surface area contributed by atoms with Gasteiger partial charge in [-0.15, -0.1) is 0 Å². The zero-order valence-electron chi connectivity index (χ0n) is 26.7. The van der Waals surface area contributed by atoms with E-state index in [1.807, 2.05) is 0 Å². The molecule has 2 atom stereocenters. The van der Waals surface area contributed by atoms with Crippen molar-refractivity contribution in [2.75, 3.05) is 13.2 Å². The second-order valence-corrected chi connectivity index (χ2v) is 14.3. The minimum Gasteiger partial charge on any atom is -0.465 e. The van der Waals surface area contributed by atoms with Crippen LogP contribution in [-0.4, -0.2) is 25.2 Å². The third kappa shape index (κ3) is 15.5. The van der Waals surface area contributed by atoms with Crippen molar-refractivity contribution < 1.29 is 19.1 Å². The van der Waals surface area contributed by atoms with E-state index in [0.717, 1.165) is 38.5 Å². The first kappa shape index (κ1) is 35.0. The van der Waals surface area contributed by atoms with E-state index >= 15 is 0 Å². The highest BCUT2D eigenvalue weighted by molar-refractivity contribution is 5.75. The lowest BCUT2D eigenvalue weighted by molar-refractivity contribution is -0.155. The van der Waals surface area contributed by atoms with Gasteiger partial charge in [-0.05, 0) is 86.9 Å². The van der Waals surface area contributed by atoms with Gasteiger partial charge in [-0.1, -0.05) is 93.9 Å².